The van der Waals surface area contributed by atoms with Gasteiger partial charge < -0.3 is 14.2 Å². The average molecular weight is 371 g/mol. The largest absolute Gasteiger partial charge is 0.457 e. The van der Waals surface area contributed by atoms with E-state index in [0.29, 0.717) is 27.6 Å². The van der Waals surface area contributed by atoms with Gasteiger partial charge in [-0.25, -0.2) is 14.8 Å². The second-order valence-corrected chi connectivity index (χ2v) is 6.39. The lowest BCUT2D eigenvalue weighted by atomic mass is 10.1. The minimum atomic E-state index is -0.444. The number of fused-ring (bicyclic) bond motifs is 2. The van der Waals surface area contributed by atoms with Gasteiger partial charge in [-0.3, -0.25) is 0 Å². The quantitative estimate of drug-likeness (QED) is 0.649. The van der Waals surface area contributed by atoms with Crippen LogP contribution in [-0.2, 0) is 11.3 Å². The van der Waals surface area contributed by atoms with Crippen LogP contribution in [0, 0.1) is 13.8 Å². The summed E-state index contributed by atoms with van der Waals surface area (Å²) < 4.78 is 16.0. The van der Waals surface area contributed by atoms with Crippen molar-refractivity contribution in [2.24, 2.45) is 0 Å². The van der Waals surface area contributed by atoms with Gasteiger partial charge in [-0.15, -0.1) is 0 Å². The first-order valence-corrected chi connectivity index (χ1v) is 8.39. The van der Waals surface area contributed by atoms with E-state index in [0.717, 1.165) is 22.5 Å². The lowest BCUT2D eigenvalue weighted by molar-refractivity contribution is 0.0472. The van der Waals surface area contributed by atoms with Gasteiger partial charge in [0, 0.05) is 0 Å². The van der Waals surface area contributed by atoms with Crippen LogP contribution in [0.25, 0.3) is 11.0 Å². The Kier molecular flexibility index (Phi) is 4.12. The van der Waals surface area contributed by atoms with E-state index in [4.69, 9.17) is 25.8 Å². The molecule has 0 bridgehead atoms. The fraction of sp³-hybridized carbons (Fsp3) is 0.211. The molecule has 6 nitrogen and oxygen atoms in total. The highest BCUT2D eigenvalue weighted by atomic mass is 35.5. The van der Waals surface area contributed by atoms with Gasteiger partial charge >= 0.3 is 5.97 Å². The van der Waals surface area contributed by atoms with Crippen LogP contribution in [0.1, 0.15) is 27.3 Å². The normalized spacial score (nSPS) is 12.4. The first kappa shape index (κ1) is 16.6. The second-order valence-electron chi connectivity index (χ2n) is 5.99. The Morgan fingerprint density at radius 3 is 2.69 bits per heavy atom. The molecule has 0 N–H and O–H groups in total. The molecule has 7 heteroatoms. The molecule has 0 atom stereocenters. The molecule has 132 valence electrons. The fourth-order valence-corrected chi connectivity index (χ4v) is 2.98. The number of carbonyl (C=O) groups excluding carboxylic acids is 1. The number of hydrogen-bond donors (Lipinski definition) is 0. The molecular formula is C19H15ClN2O4. The van der Waals surface area contributed by atoms with Crippen LogP contribution in [0.3, 0.4) is 0 Å². The number of ether oxygens (including phenoxy) is 3. The van der Waals surface area contributed by atoms with Gasteiger partial charge in [0.25, 0.3) is 0 Å². The Labute approximate surface area is 154 Å². The van der Waals surface area contributed by atoms with Crippen molar-refractivity contribution in [2.75, 3.05) is 6.79 Å². The molecule has 0 spiro atoms. The number of esters is 1. The molecule has 0 aliphatic carbocycles. The summed E-state index contributed by atoms with van der Waals surface area (Å²) in [6.07, 6.45) is 0. The van der Waals surface area contributed by atoms with Gasteiger partial charge in [-0.05, 0) is 49.7 Å². The van der Waals surface area contributed by atoms with Crippen LogP contribution in [-0.4, -0.2) is 22.7 Å². The number of rotatable bonds is 3. The molecule has 0 radical (unpaired) electrons. The maximum atomic E-state index is 12.4. The monoisotopic (exact) mass is 370 g/mol. The molecule has 26 heavy (non-hydrogen) atoms. The molecule has 0 unspecified atom stereocenters. The molecule has 4 rings (SSSR count). The third-order valence-electron chi connectivity index (χ3n) is 4.17. The SMILES string of the molecule is Cc1nc2ccc(C(=O)OCc3cc(Cl)c4c(c3)OCO4)cc2nc1C. The first-order chi connectivity index (χ1) is 12.5. The third kappa shape index (κ3) is 3.04. The van der Waals surface area contributed by atoms with Crippen LogP contribution in [0.2, 0.25) is 5.02 Å². The smallest absolute Gasteiger partial charge is 0.338 e. The summed E-state index contributed by atoms with van der Waals surface area (Å²) in [6, 6.07) is 8.58. The van der Waals surface area contributed by atoms with Crippen LogP contribution in [0.5, 0.6) is 11.5 Å². The topological polar surface area (TPSA) is 70.5 Å². The number of aromatic nitrogens is 2. The van der Waals surface area contributed by atoms with E-state index in [2.05, 4.69) is 9.97 Å². The predicted octanol–water partition coefficient (Wildman–Crippen LogP) is 3.99. The minimum absolute atomic E-state index is 0.0752. The van der Waals surface area contributed by atoms with E-state index < -0.39 is 5.97 Å². The van der Waals surface area contributed by atoms with Crippen LogP contribution < -0.4 is 9.47 Å². The summed E-state index contributed by atoms with van der Waals surface area (Å²) in [5.41, 5.74) is 4.24. The van der Waals surface area contributed by atoms with Crippen molar-refractivity contribution in [1.82, 2.24) is 9.97 Å². The summed E-state index contributed by atoms with van der Waals surface area (Å²) in [5, 5.41) is 0.429. The zero-order valence-corrected chi connectivity index (χ0v) is 15.0. The molecule has 2 aromatic carbocycles. The summed E-state index contributed by atoms with van der Waals surface area (Å²) in [7, 11) is 0. The number of halogens is 1. The highest BCUT2D eigenvalue weighted by Gasteiger charge is 2.19. The number of hydrogen-bond acceptors (Lipinski definition) is 6. The van der Waals surface area contributed by atoms with Crippen molar-refractivity contribution < 1.29 is 19.0 Å². The van der Waals surface area contributed by atoms with Gasteiger partial charge in [0.15, 0.2) is 11.5 Å². The number of carbonyl (C=O) groups is 1. The number of aryl methyl sites for hydroxylation is 2. The maximum absolute atomic E-state index is 12.4. The number of benzene rings is 2. The van der Waals surface area contributed by atoms with Crippen molar-refractivity contribution in [3.05, 3.63) is 57.9 Å². The van der Waals surface area contributed by atoms with Gasteiger partial charge in [-0.1, -0.05) is 11.6 Å². The van der Waals surface area contributed by atoms with E-state index in [-0.39, 0.29) is 13.4 Å². The highest BCUT2D eigenvalue weighted by Crippen LogP contribution is 2.39. The van der Waals surface area contributed by atoms with Crippen molar-refractivity contribution >= 4 is 28.6 Å². The summed E-state index contributed by atoms with van der Waals surface area (Å²) in [6.45, 7) is 4.00. The Morgan fingerprint density at radius 1 is 1.12 bits per heavy atom. The molecule has 0 fully saturated rings. The molecule has 0 amide bonds. The van der Waals surface area contributed by atoms with Crippen molar-refractivity contribution in [3.8, 4) is 11.5 Å². The Morgan fingerprint density at radius 2 is 1.88 bits per heavy atom. The van der Waals surface area contributed by atoms with Crippen molar-refractivity contribution in [1.29, 1.82) is 0 Å². The van der Waals surface area contributed by atoms with Crippen LogP contribution >= 0.6 is 11.6 Å². The Bertz CT molecular complexity index is 1040. The predicted molar refractivity (Wildman–Crippen MR) is 95.7 cm³/mol. The molecule has 1 aromatic heterocycles. The minimum Gasteiger partial charge on any atom is -0.457 e. The standard InChI is InChI=1S/C19H15ClN2O4/c1-10-11(2)22-16-7-13(3-4-15(16)21-10)19(23)24-8-12-5-14(20)18-17(6-12)25-9-26-18/h3-7H,8-9H2,1-2H3. The molecule has 0 saturated heterocycles. The van der Waals surface area contributed by atoms with E-state index in [1.807, 2.05) is 13.8 Å². The lowest BCUT2D eigenvalue weighted by Crippen LogP contribution is -2.06. The van der Waals surface area contributed by atoms with E-state index in [1.165, 1.54) is 0 Å². The first-order valence-electron chi connectivity index (χ1n) is 8.01. The second kappa shape index (κ2) is 6.46. The molecular weight excluding hydrogens is 356 g/mol. The lowest BCUT2D eigenvalue weighted by Gasteiger charge is -2.08. The average Bonchev–Trinajstić information content (AvgIpc) is 3.09. The fourth-order valence-electron chi connectivity index (χ4n) is 2.69. The number of nitrogens with zero attached hydrogens (tertiary/aromatic N) is 2. The maximum Gasteiger partial charge on any atom is 0.338 e. The van der Waals surface area contributed by atoms with E-state index in [9.17, 15) is 4.79 Å². The summed E-state index contributed by atoms with van der Waals surface area (Å²) in [5.74, 6) is 0.622. The van der Waals surface area contributed by atoms with Crippen LogP contribution in [0.15, 0.2) is 30.3 Å². The Hall–Kier alpha value is -2.86. The van der Waals surface area contributed by atoms with Gasteiger partial charge in [0.2, 0.25) is 6.79 Å². The molecule has 3 aromatic rings. The van der Waals surface area contributed by atoms with Crippen molar-refractivity contribution in [3.63, 3.8) is 0 Å². The zero-order chi connectivity index (χ0) is 18.3. The molecule has 1 aliphatic rings. The summed E-state index contributed by atoms with van der Waals surface area (Å²) >= 11 is 6.14. The molecule has 1 aliphatic heterocycles. The third-order valence-corrected chi connectivity index (χ3v) is 4.45. The van der Waals surface area contributed by atoms with Crippen LogP contribution in [0.4, 0.5) is 0 Å². The highest BCUT2D eigenvalue weighted by molar-refractivity contribution is 6.32. The van der Waals surface area contributed by atoms with E-state index >= 15 is 0 Å². The van der Waals surface area contributed by atoms with Crippen molar-refractivity contribution in [2.45, 2.75) is 20.5 Å². The molecule has 2 heterocycles. The van der Waals surface area contributed by atoms with Gasteiger partial charge in [0.05, 0.1) is 33.0 Å². The Balaban J connectivity index is 1.52. The summed E-state index contributed by atoms with van der Waals surface area (Å²) in [4.78, 5) is 21.3. The van der Waals surface area contributed by atoms with Gasteiger partial charge in [-0.2, -0.15) is 0 Å². The van der Waals surface area contributed by atoms with Gasteiger partial charge in [0.1, 0.15) is 6.61 Å². The van der Waals surface area contributed by atoms with E-state index in [1.54, 1.807) is 30.3 Å². The molecule has 0 saturated carbocycles. The zero-order valence-electron chi connectivity index (χ0n) is 14.2.